The summed E-state index contributed by atoms with van der Waals surface area (Å²) in [5.41, 5.74) is 0.482. The number of hydrogen-bond acceptors (Lipinski definition) is 3. The van der Waals surface area contributed by atoms with Crippen molar-refractivity contribution < 1.29 is 17.4 Å². The SMILES string of the molecule is N#Cc1cc(F)ccc1CCS(=O)(=O)O. The molecule has 0 saturated carbocycles. The van der Waals surface area contributed by atoms with Gasteiger partial charge in [0.25, 0.3) is 10.1 Å². The Hall–Kier alpha value is -1.45. The zero-order valence-electron chi connectivity index (χ0n) is 7.64. The van der Waals surface area contributed by atoms with Crippen LogP contribution in [0, 0.1) is 17.1 Å². The third-order valence-corrected chi connectivity index (χ3v) is 2.54. The first-order valence-electron chi connectivity index (χ1n) is 4.06. The molecule has 1 aromatic carbocycles. The second-order valence-electron chi connectivity index (χ2n) is 2.95. The van der Waals surface area contributed by atoms with Crippen molar-refractivity contribution in [3.8, 4) is 6.07 Å². The van der Waals surface area contributed by atoms with E-state index < -0.39 is 21.7 Å². The molecule has 0 aliphatic heterocycles. The fourth-order valence-electron chi connectivity index (χ4n) is 1.11. The normalized spacial score (nSPS) is 11.0. The maximum atomic E-state index is 12.7. The van der Waals surface area contributed by atoms with Gasteiger partial charge in [-0.15, -0.1) is 0 Å². The molecule has 1 rings (SSSR count). The van der Waals surface area contributed by atoms with Crippen LogP contribution in [-0.2, 0) is 16.5 Å². The van der Waals surface area contributed by atoms with E-state index in [4.69, 9.17) is 9.81 Å². The molecule has 1 aromatic rings. The number of nitrogens with zero attached hydrogens (tertiary/aromatic N) is 1. The average Bonchev–Trinajstić information content (AvgIpc) is 2.14. The number of rotatable bonds is 3. The van der Waals surface area contributed by atoms with Crippen LogP contribution in [0.2, 0.25) is 0 Å². The molecular weight excluding hydrogens is 221 g/mol. The number of benzene rings is 1. The van der Waals surface area contributed by atoms with Gasteiger partial charge in [0.2, 0.25) is 0 Å². The van der Waals surface area contributed by atoms with Crippen LogP contribution in [0.25, 0.3) is 0 Å². The molecule has 0 aromatic heterocycles. The Morgan fingerprint density at radius 2 is 2.13 bits per heavy atom. The standard InChI is InChI=1S/C9H8FNO3S/c10-9-2-1-7(8(5-9)6-11)3-4-15(12,13)14/h1-2,5H,3-4H2,(H,12,13,14). The molecule has 0 amide bonds. The molecule has 80 valence electrons. The van der Waals surface area contributed by atoms with Gasteiger partial charge in [-0.05, 0) is 24.1 Å². The minimum absolute atomic E-state index is 0.0119. The Morgan fingerprint density at radius 3 is 2.67 bits per heavy atom. The highest BCUT2D eigenvalue weighted by atomic mass is 32.2. The number of halogens is 1. The number of nitriles is 1. The summed E-state index contributed by atoms with van der Waals surface area (Å²) < 4.78 is 42.1. The molecule has 0 heterocycles. The third kappa shape index (κ3) is 3.65. The predicted molar refractivity (Wildman–Crippen MR) is 51.2 cm³/mol. The van der Waals surface area contributed by atoms with Crippen LogP contribution in [0.15, 0.2) is 18.2 Å². The van der Waals surface area contributed by atoms with E-state index in [1.165, 1.54) is 6.07 Å². The van der Waals surface area contributed by atoms with Crippen LogP contribution in [-0.4, -0.2) is 18.7 Å². The van der Waals surface area contributed by atoms with Gasteiger partial charge in [-0.25, -0.2) is 4.39 Å². The second-order valence-corrected chi connectivity index (χ2v) is 4.52. The third-order valence-electron chi connectivity index (χ3n) is 1.82. The summed E-state index contributed by atoms with van der Waals surface area (Å²) in [5.74, 6) is -1.03. The highest BCUT2D eigenvalue weighted by Crippen LogP contribution is 2.11. The fraction of sp³-hybridized carbons (Fsp3) is 0.222. The van der Waals surface area contributed by atoms with E-state index in [1.807, 2.05) is 0 Å². The molecule has 0 bridgehead atoms. The molecular formula is C9H8FNO3S. The van der Waals surface area contributed by atoms with Gasteiger partial charge in [0, 0.05) is 0 Å². The molecule has 4 nitrogen and oxygen atoms in total. The van der Waals surface area contributed by atoms with Crippen LogP contribution >= 0.6 is 0 Å². The zero-order chi connectivity index (χ0) is 11.5. The van der Waals surface area contributed by atoms with E-state index in [2.05, 4.69) is 0 Å². The molecule has 0 aliphatic carbocycles. The van der Waals surface area contributed by atoms with Crippen molar-refractivity contribution in [2.45, 2.75) is 6.42 Å². The van der Waals surface area contributed by atoms with Crippen molar-refractivity contribution in [1.29, 1.82) is 5.26 Å². The molecule has 0 atom stereocenters. The van der Waals surface area contributed by atoms with Gasteiger partial charge in [0.1, 0.15) is 5.82 Å². The van der Waals surface area contributed by atoms with E-state index in [-0.39, 0.29) is 12.0 Å². The molecule has 1 N–H and O–H groups in total. The topological polar surface area (TPSA) is 78.2 Å². The Balaban J connectivity index is 2.92. The summed E-state index contributed by atoms with van der Waals surface area (Å²) in [6.07, 6.45) is -0.0119. The van der Waals surface area contributed by atoms with Gasteiger partial charge < -0.3 is 0 Å². The van der Waals surface area contributed by atoms with Gasteiger partial charge in [0.15, 0.2) is 0 Å². The van der Waals surface area contributed by atoms with E-state index in [0.29, 0.717) is 5.56 Å². The first-order chi connectivity index (χ1) is 6.92. The maximum absolute atomic E-state index is 12.7. The molecule has 6 heteroatoms. The lowest BCUT2D eigenvalue weighted by Crippen LogP contribution is -2.07. The van der Waals surface area contributed by atoms with Gasteiger partial charge in [-0.2, -0.15) is 13.7 Å². The van der Waals surface area contributed by atoms with E-state index in [0.717, 1.165) is 12.1 Å². The van der Waals surface area contributed by atoms with Crippen LogP contribution in [0.4, 0.5) is 4.39 Å². The van der Waals surface area contributed by atoms with Crippen molar-refractivity contribution in [3.05, 3.63) is 35.1 Å². The van der Waals surface area contributed by atoms with Crippen molar-refractivity contribution in [2.75, 3.05) is 5.75 Å². The smallest absolute Gasteiger partial charge is 0.265 e. The van der Waals surface area contributed by atoms with Crippen LogP contribution < -0.4 is 0 Å². The first-order valence-corrected chi connectivity index (χ1v) is 5.67. The molecule has 0 unspecified atom stereocenters. The summed E-state index contributed by atoms with van der Waals surface area (Å²) in [6, 6.07) is 5.25. The minimum atomic E-state index is -4.06. The van der Waals surface area contributed by atoms with Crippen LogP contribution in [0.1, 0.15) is 11.1 Å². The van der Waals surface area contributed by atoms with E-state index >= 15 is 0 Å². The molecule has 0 saturated heterocycles. The Labute approximate surface area is 86.7 Å². The maximum Gasteiger partial charge on any atom is 0.265 e. The Bertz CT molecular complexity index is 505. The van der Waals surface area contributed by atoms with Crippen molar-refractivity contribution >= 4 is 10.1 Å². The highest BCUT2D eigenvalue weighted by molar-refractivity contribution is 7.85. The number of hydrogen-bond donors (Lipinski definition) is 1. The van der Waals surface area contributed by atoms with Gasteiger partial charge in [-0.3, -0.25) is 4.55 Å². The van der Waals surface area contributed by atoms with Crippen LogP contribution in [0.5, 0.6) is 0 Å². The van der Waals surface area contributed by atoms with Gasteiger partial charge >= 0.3 is 0 Å². The van der Waals surface area contributed by atoms with Crippen molar-refractivity contribution in [3.63, 3.8) is 0 Å². The van der Waals surface area contributed by atoms with E-state index in [9.17, 15) is 12.8 Å². The molecule has 0 fully saturated rings. The first kappa shape index (κ1) is 11.6. The fourth-order valence-corrected chi connectivity index (χ4v) is 1.59. The molecule has 0 spiro atoms. The van der Waals surface area contributed by atoms with E-state index in [1.54, 1.807) is 6.07 Å². The summed E-state index contributed by atoms with van der Waals surface area (Å²) in [5, 5.41) is 8.64. The lowest BCUT2D eigenvalue weighted by atomic mass is 10.1. The summed E-state index contributed by atoms with van der Waals surface area (Å²) in [6.45, 7) is 0. The second kappa shape index (κ2) is 4.38. The molecule has 0 aliphatic rings. The minimum Gasteiger partial charge on any atom is -0.286 e. The van der Waals surface area contributed by atoms with Gasteiger partial charge in [-0.1, -0.05) is 6.07 Å². The molecule has 0 radical (unpaired) electrons. The Morgan fingerprint density at radius 1 is 1.47 bits per heavy atom. The Kier molecular flexibility index (Phi) is 3.39. The van der Waals surface area contributed by atoms with Gasteiger partial charge in [0.05, 0.1) is 17.4 Å². The summed E-state index contributed by atoms with van der Waals surface area (Å²) >= 11 is 0. The molecule has 15 heavy (non-hydrogen) atoms. The van der Waals surface area contributed by atoms with Crippen molar-refractivity contribution in [1.82, 2.24) is 0 Å². The summed E-state index contributed by atoms with van der Waals surface area (Å²) in [7, 11) is -4.06. The zero-order valence-corrected chi connectivity index (χ0v) is 8.46. The lowest BCUT2D eigenvalue weighted by molar-refractivity contribution is 0.482. The predicted octanol–water partition coefficient (Wildman–Crippen LogP) is 1.13. The quantitative estimate of drug-likeness (QED) is 0.788. The lowest BCUT2D eigenvalue weighted by Gasteiger charge is -2.02. The van der Waals surface area contributed by atoms with Crippen LogP contribution in [0.3, 0.4) is 0 Å². The average molecular weight is 229 g/mol. The largest absolute Gasteiger partial charge is 0.286 e. The number of aryl methyl sites for hydroxylation is 1. The highest BCUT2D eigenvalue weighted by Gasteiger charge is 2.09. The van der Waals surface area contributed by atoms with Crippen molar-refractivity contribution in [2.24, 2.45) is 0 Å². The summed E-state index contributed by atoms with van der Waals surface area (Å²) in [4.78, 5) is 0. The monoisotopic (exact) mass is 229 g/mol.